The lowest BCUT2D eigenvalue weighted by Gasteiger charge is -2.19. The van der Waals surface area contributed by atoms with E-state index >= 15 is 0 Å². The molecule has 1 atom stereocenters. The third-order valence-electron chi connectivity index (χ3n) is 6.73. The van der Waals surface area contributed by atoms with Gasteiger partial charge in [-0.15, -0.1) is 0 Å². The molecule has 0 spiro atoms. The quantitative estimate of drug-likeness (QED) is 0.225. The number of methoxy groups -OCH3 is 1. The normalized spacial score (nSPS) is 15.4. The molecule has 8 bridgehead atoms. The summed E-state index contributed by atoms with van der Waals surface area (Å²) in [6, 6.07) is 8.51. The van der Waals surface area contributed by atoms with Crippen LogP contribution in [0.2, 0.25) is 0 Å². The van der Waals surface area contributed by atoms with Gasteiger partial charge in [0.1, 0.15) is 17.1 Å². The molecule has 16 heteroatoms. The Morgan fingerprint density at radius 1 is 1.16 bits per heavy atom. The lowest BCUT2D eigenvalue weighted by Crippen LogP contribution is -2.21. The molecule has 8 rings (SSSR count). The van der Waals surface area contributed by atoms with Crippen molar-refractivity contribution in [2.24, 2.45) is 0 Å². The minimum atomic E-state index is -4.79. The standard InChI is InChI=1S/C29H32F3N8O4P/c1-4-43-17-45-16-18-6-7-22(24(12-18)42-3)38-28-34-14-20(29(30,31)32)26(39-28)37-23-9-8-21(36-25(23)27(41)33-2)19-13-35-40(15-19)10-5-11-44-45/h6-9,12-15H,4-5,10-11,16-17H2,1-3H3,(H,33,41)(H2,34,37,38,39). The lowest BCUT2D eigenvalue weighted by molar-refractivity contribution is -0.137. The van der Waals surface area contributed by atoms with Gasteiger partial charge in [0.05, 0.1) is 51.5 Å². The van der Waals surface area contributed by atoms with Crippen molar-refractivity contribution in [1.29, 1.82) is 0 Å². The van der Waals surface area contributed by atoms with E-state index in [1.165, 1.54) is 20.2 Å². The highest BCUT2D eigenvalue weighted by atomic mass is 31.1. The summed E-state index contributed by atoms with van der Waals surface area (Å²) in [5, 5.41) is 12.5. The summed E-state index contributed by atoms with van der Waals surface area (Å²) in [6.07, 6.45) is 1.05. The summed E-state index contributed by atoms with van der Waals surface area (Å²) in [7, 11) is 1.93. The van der Waals surface area contributed by atoms with Gasteiger partial charge < -0.3 is 29.9 Å². The maximum absolute atomic E-state index is 14.1. The molecule has 0 fully saturated rings. The van der Waals surface area contributed by atoms with Crippen molar-refractivity contribution < 1.29 is 32.0 Å². The van der Waals surface area contributed by atoms with Crippen LogP contribution in [-0.4, -0.2) is 64.4 Å². The highest BCUT2D eigenvalue weighted by Gasteiger charge is 2.36. The van der Waals surface area contributed by atoms with Crippen molar-refractivity contribution in [1.82, 2.24) is 30.0 Å². The predicted octanol–water partition coefficient (Wildman–Crippen LogP) is 5.92. The number of nitrogens with one attached hydrogen (secondary N) is 3. The average Bonchev–Trinajstić information content (AvgIpc) is 3.50. The third kappa shape index (κ3) is 7.85. The van der Waals surface area contributed by atoms with Crippen LogP contribution in [0.1, 0.15) is 35.0 Å². The molecule has 7 heterocycles. The molecule has 3 aromatic heterocycles. The van der Waals surface area contributed by atoms with E-state index in [0.717, 1.165) is 5.56 Å². The Morgan fingerprint density at radius 2 is 1.98 bits per heavy atom. The van der Waals surface area contributed by atoms with E-state index in [-0.39, 0.29) is 17.3 Å². The fourth-order valence-corrected chi connectivity index (χ4v) is 6.14. The van der Waals surface area contributed by atoms with Gasteiger partial charge in [0.2, 0.25) is 5.95 Å². The Balaban J connectivity index is 1.59. The molecule has 238 valence electrons. The number of ether oxygens (including phenoxy) is 2. The average molecular weight is 645 g/mol. The first kappa shape index (κ1) is 32.1. The molecule has 1 amide bonds. The number of anilines is 4. The Labute approximate surface area is 258 Å². The maximum Gasteiger partial charge on any atom is 0.421 e. The number of hydrogen-bond acceptors (Lipinski definition) is 10. The predicted molar refractivity (Wildman–Crippen MR) is 163 cm³/mol. The summed E-state index contributed by atoms with van der Waals surface area (Å²) in [6.45, 7) is 3.56. The molecule has 0 radical (unpaired) electrons. The molecule has 0 saturated heterocycles. The highest BCUT2D eigenvalue weighted by molar-refractivity contribution is 7.51. The molecule has 1 aromatic carbocycles. The summed E-state index contributed by atoms with van der Waals surface area (Å²) in [5.41, 5.74) is 1.20. The number of aryl methyl sites for hydroxylation is 1. The minimum absolute atomic E-state index is 0.0189. The van der Waals surface area contributed by atoms with Crippen LogP contribution in [0.3, 0.4) is 0 Å². The number of aromatic nitrogens is 5. The summed E-state index contributed by atoms with van der Waals surface area (Å²) < 4.78 is 61.4. The highest BCUT2D eigenvalue weighted by Crippen LogP contribution is 2.43. The van der Waals surface area contributed by atoms with E-state index in [2.05, 4.69) is 36.0 Å². The fourth-order valence-electron chi connectivity index (χ4n) is 4.51. The van der Waals surface area contributed by atoms with E-state index in [1.807, 2.05) is 19.1 Å². The number of alkyl halides is 3. The molecule has 45 heavy (non-hydrogen) atoms. The van der Waals surface area contributed by atoms with E-state index in [0.29, 0.717) is 67.6 Å². The first-order chi connectivity index (χ1) is 21.7. The Bertz CT molecular complexity index is 1650. The largest absolute Gasteiger partial charge is 0.495 e. The monoisotopic (exact) mass is 644 g/mol. The first-order valence-electron chi connectivity index (χ1n) is 14.0. The van der Waals surface area contributed by atoms with Crippen LogP contribution < -0.4 is 20.7 Å². The molecular formula is C29H32F3N8O4P. The third-order valence-corrected chi connectivity index (χ3v) is 8.47. The fraction of sp³-hybridized carbons (Fsp3) is 0.345. The molecule has 3 N–H and O–H groups in total. The van der Waals surface area contributed by atoms with Gasteiger partial charge in [0.25, 0.3) is 5.91 Å². The minimum Gasteiger partial charge on any atom is -0.495 e. The van der Waals surface area contributed by atoms with Crippen LogP contribution in [0.5, 0.6) is 5.75 Å². The van der Waals surface area contributed by atoms with Crippen LogP contribution in [0, 0.1) is 0 Å². The van der Waals surface area contributed by atoms with Crippen molar-refractivity contribution in [3.8, 4) is 17.0 Å². The van der Waals surface area contributed by atoms with Gasteiger partial charge in [-0.3, -0.25) is 9.48 Å². The van der Waals surface area contributed by atoms with Gasteiger partial charge in [-0.25, -0.2) is 9.97 Å². The molecule has 12 nitrogen and oxygen atoms in total. The molecule has 4 aliphatic heterocycles. The number of hydrogen-bond donors (Lipinski definition) is 3. The van der Waals surface area contributed by atoms with Gasteiger partial charge in [0.15, 0.2) is 5.69 Å². The molecule has 1 unspecified atom stereocenters. The Kier molecular flexibility index (Phi) is 10.1. The molecule has 0 saturated carbocycles. The summed E-state index contributed by atoms with van der Waals surface area (Å²) in [4.78, 5) is 25.3. The zero-order valence-corrected chi connectivity index (χ0v) is 25.7. The molecule has 0 aliphatic carbocycles. The number of nitrogens with zero attached hydrogens (tertiary/aromatic N) is 5. The van der Waals surface area contributed by atoms with Gasteiger partial charge in [-0.05, 0) is 43.2 Å². The molecule has 4 aromatic rings. The molecular weight excluding hydrogens is 612 g/mol. The SMILES string of the molecule is CCOCP1Cc2ccc(c(OC)c2)Nc2ncc(C(F)(F)F)c(n2)Nc2ccc(nc2C(=O)NC)-c2cnn(c2)CCCO1. The first-order valence-corrected chi connectivity index (χ1v) is 15.7. The van der Waals surface area contributed by atoms with E-state index in [4.69, 9.17) is 14.0 Å². The second kappa shape index (κ2) is 14.2. The zero-order valence-electron chi connectivity index (χ0n) is 24.8. The van der Waals surface area contributed by atoms with Crippen LogP contribution in [0.25, 0.3) is 11.3 Å². The smallest absolute Gasteiger partial charge is 0.421 e. The van der Waals surface area contributed by atoms with Crippen LogP contribution >= 0.6 is 8.15 Å². The summed E-state index contributed by atoms with van der Waals surface area (Å²) in [5.74, 6) is -0.856. The zero-order chi connectivity index (χ0) is 32.0. The number of amides is 1. The topological polar surface area (TPSA) is 137 Å². The van der Waals surface area contributed by atoms with E-state index < -0.39 is 31.6 Å². The van der Waals surface area contributed by atoms with Crippen LogP contribution in [0.15, 0.2) is 48.9 Å². The lowest BCUT2D eigenvalue weighted by atomic mass is 10.1. The number of rotatable bonds is 5. The number of pyridine rings is 1. The van der Waals surface area contributed by atoms with Crippen LogP contribution in [0.4, 0.5) is 36.3 Å². The Morgan fingerprint density at radius 3 is 2.73 bits per heavy atom. The van der Waals surface area contributed by atoms with Crippen molar-refractivity contribution in [3.63, 3.8) is 0 Å². The number of carbonyl (C=O) groups excluding carboxylic acids is 1. The second-order valence-corrected chi connectivity index (χ2v) is 11.6. The van der Waals surface area contributed by atoms with Crippen molar-refractivity contribution in [2.75, 3.05) is 44.4 Å². The van der Waals surface area contributed by atoms with Crippen molar-refractivity contribution in [3.05, 3.63) is 65.7 Å². The van der Waals surface area contributed by atoms with Crippen molar-refractivity contribution >= 4 is 37.2 Å². The van der Waals surface area contributed by atoms with Gasteiger partial charge in [-0.1, -0.05) is 6.07 Å². The molecule has 4 aliphatic rings. The Hall–Kier alpha value is -4.33. The van der Waals surface area contributed by atoms with E-state index in [9.17, 15) is 18.0 Å². The summed E-state index contributed by atoms with van der Waals surface area (Å²) >= 11 is 0. The number of benzene rings is 1. The van der Waals surface area contributed by atoms with E-state index in [1.54, 1.807) is 29.2 Å². The second-order valence-electron chi connectivity index (χ2n) is 9.85. The van der Waals surface area contributed by atoms with Gasteiger partial charge >= 0.3 is 6.18 Å². The number of carbonyl (C=O) groups is 1. The number of halogens is 3. The van der Waals surface area contributed by atoms with Crippen LogP contribution in [-0.2, 0) is 28.1 Å². The van der Waals surface area contributed by atoms with Gasteiger partial charge in [0, 0.05) is 44.3 Å². The van der Waals surface area contributed by atoms with Crippen molar-refractivity contribution in [2.45, 2.75) is 32.2 Å². The van der Waals surface area contributed by atoms with Gasteiger partial charge in [-0.2, -0.15) is 23.3 Å². The maximum atomic E-state index is 14.1.